The third kappa shape index (κ3) is 8.94. The van der Waals surface area contributed by atoms with Gasteiger partial charge in [-0.05, 0) is 78.8 Å². The summed E-state index contributed by atoms with van der Waals surface area (Å²) < 4.78 is 11.8. The van der Waals surface area contributed by atoms with Crippen LogP contribution in [0.2, 0.25) is 0 Å². The maximum atomic E-state index is 8.91. The van der Waals surface area contributed by atoms with Gasteiger partial charge in [0.15, 0.2) is 0 Å². The fraction of sp³-hybridized carbons (Fsp3) is 0.387. The second-order valence-corrected chi connectivity index (χ2v) is 8.78. The molecule has 34 heavy (non-hydrogen) atoms. The van der Waals surface area contributed by atoms with Gasteiger partial charge in [0.2, 0.25) is 0 Å². The normalized spacial score (nSPS) is 10.6. The Labute approximate surface area is 205 Å². The first-order valence-corrected chi connectivity index (χ1v) is 12.7. The Balaban J connectivity index is 1.22. The van der Waals surface area contributed by atoms with E-state index in [1.165, 1.54) is 50.5 Å². The molecule has 0 spiro atoms. The van der Waals surface area contributed by atoms with E-state index in [1.54, 1.807) is 0 Å². The minimum Gasteiger partial charge on any atom is -0.494 e. The largest absolute Gasteiger partial charge is 0.494 e. The number of unbranched alkanes of at least 4 members (excludes halogenated alkanes) is 6. The van der Waals surface area contributed by atoms with Crippen LogP contribution < -0.4 is 9.47 Å². The molecule has 0 heterocycles. The maximum absolute atomic E-state index is 8.91. The number of aryl methyl sites for hydroxylation is 1. The smallest absolute Gasteiger partial charge is 0.119 e. The van der Waals surface area contributed by atoms with Crippen molar-refractivity contribution in [1.29, 1.82) is 5.26 Å². The molecule has 3 aromatic carbocycles. The summed E-state index contributed by atoms with van der Waals surface area (Å²) in [5.41, 5.74) is 4.32. The summed E-state index contributed by atoms with van der Waals surface area (Å²) in [4.78, 5) is 0. The van der Waals surface area contributed by atoms with E-state index in [-0.39, 0.29) is 0 Å². The zero-order chi connectivity index (χ0) is 23.8. The second-order valence-electron chi connectivity index (χ2n) is 8.78. The number of hydrogen-bond donors (Lipinski definition) is 0. The standard InChI is InChI=1S/C31H37NO2/c1-2-3-7-10-26-13-19-30(20-14-26)33-23-8-5-4-6-9-24-34-31-21-17-29(18-22-31)28-15-11-27(25-32)12-16-28/h11-22H,2-10,23-24H2,1H3. The monoisotopic (exact) mass is 455 g/mol. The minimum atomic E-state index is 0.680. The van der Waals surface area contributed by atoms with Gasteiger partial charge in [-0.2, -0.15) is 5.26 Å². The van der Waals surface area contributed by atoms with E-state index in [2.05, 4.69) is 49.4 Å². The van der Waals surface area contributed by atoms with Crippen molar-refractivity contribution < 1.29 is 9.47 Å². The Morgan fingerprint density at radius 3 is 1.62 bits per heavy atom. The molecule has 0 aliphatic carbocycles. The average Bonchev–Trinajstić information content (AvgIpc) is 2.89. The second kappa shape index (κ2) is 14.8. The van der Waals surface area contributed by atoms with Crippen LogP contribution in [0.4, 0.5) is 0 Å². The first kappa shape index (κ1) is 25.4. The van der Waals surface area contributed by atoms with Gasteiger partial charge >= 0.3 is 0 Å². The molecule has 3 nitrogen and oxygen atoms in total. The molecule has 0 atom stereocenters. The molecule has 0 saturated heterocycles. The van der Waals surface area contributed by atoms with E-state index < -0.39 is 0 Å². The number of rotatable bonds is 15. The van der Waals surface area contributed by atoms with Crippen molar-refractivity contribution in [3.63, 3.8) is 0 Å². The highest BCUT2D eigenvalue weighted by Crippen LogP contribution is 2.23. The molecule has 0 fully saturated rings. The van der Waals surface area contributed by atoms with Crippen molar-refractivity contribution in [2.24, 2.45) is 0 Å². The first-order chi connectivity index (χ1) is 16.8. The number of nitrogens with zero attached hydrogens (tertiary/aromatic N) is 1. The molecular weight excluding hydrogens is 418 g/mol. The van der Waals surface area contributed by atoms with Gasteiger partial charge in [-0.1, -0.05) is 75.4 Å². The predicted molar refractivity (Wildman–Crippen MR) is 140 cm³/mol. The van der Waals surface area contributed by atoms with Crippen molar-refractivity contribution in [3.05, 3.63) is 83.9 Å². The molecule has 0 amide bonds. The van der Waals surface area contributed by atoms with Gasteiger partial charge in [0, 0.05) is 0 Å². The highest BCUT2D eigenvalue weighted by Gasteiger charge is 2.01. The SMILES string of the molecule is CCCCCc1ccc(OCCCCCCCOc2ccc(-c3ccc(C#N)cc3)cc2)cc1. The summed E-state index contributed by atoms with van der Waals surface area (Å²) in [5.74, 6) is 1.89. The third-order valence-corrected chi connectivity index (χ3v) is 6.02. The van der Waals surface area contributed by atoms with Gasteiger partial charge in [-0.15, -0.1) is 0 Å². The quantitative estimate of drug-likeness (QED) is 0.216. The Morgan fingerprint density at radius 1 is 0.588 bits per heavy atom. The Morgan fingerprint density at radius 2 is 1.09 bits per heavy atom. The molecule has 0 saturated carbocycles. The average molecular weight is 456 g/mol. The lowest BCUT2D eigenvalue weighted by atomic mass is 10.0. The van der Waals surface area contributed by atoms with E-state index in [0.717, 1.165) is 48.7 Å². The van der Waals surface area contributed by atoms with E-state index in [4.69, 9.17) is 14.7 Å². The summed E-state index contributed by atoms with van der Waals surface area (Å²) in [7, 11) is 0. The number of hydrogen-bond acceptors (Lipinski definition) is 3. The Kier molecular flexibility index (Phi) is 11.1. The highest BCUT2D eigenvalue weighted by molar-refractivity contribution is 5.64. The van der Waals surface area contributed by atoms with Crippen LogP contribution in [0.15, 0.2) is 72.8 Å². The fourth-order valence-corrected chi connectivity index (χ4v) is 3.93. The predicted octanol–water partition coefficient (Wildman–Crippen LogP) is 8.37. The van der Waals surface area contributed by atoms with E-state index in [0.29, 0.717) is 5.56 Å². The summed E-state index contributed by atoms with van der Waals surface area (Å²) in [6.07, 6.45) is 10.7. The summed E-state index contributed by atoms with van der Waals surface area (Å²) in [5, 5.41) is 8.91. The van der Waals surface area contributed by atoms with Gasteiger partial charge in [-0.25, -0.2) is 0 Å². The number of ether oxygens (including phenoxy) is 2. The number of benzene rings is 3. The molecule has 178 valence electrons. The van der Waals surface area contributed by atoms with Crippen LogP contribution in [0.5, 0.6) is 11.5 Å². The minimum absolute atomic E-state index is 0.680. The van der Waals surface area contributed by atoms with Crippen LogP contribution in [0.1, 0.15) is 69.4 Å². The van der Waals surface area contributed by atoms with Crippen molar-refractivity contribution in [2.45, 2.75) is 64.7 Å². The van der Waals surface area contributed by atoms with E-state index >= 15 is 0 Å². The van der Waals surface area contributed by atoms with Crippen molar-refractivity contribution in [2.75, 3.05) is 13.2 Å². The molecule has 0 bridgehead atoms. The molecule has 0 radical (unpaired) electrons. The van der Waals surface area contributed by atoms with Crippen LogP contribution in [0.25, 0.3) is 11.1 Å². The molecule has 0 N–H and O–H groups in total. The van der Waals surface area contributed by atoms with Crippen LogP contribution in [0, 0.1) is 11.3 Å². The van der Waals surface area contributed by atoms with Gasteiger partial charge in [0.05, 0.1) is 24.8 Å². The molecule has 0 aliphatic heterocycles. The van der Waals surface area contributed by atoms with E-state index in [9.17, 15) is 0 Å². The third-order valence-electron chi connectivity index (χ3n) is 6.02. The molecule has 0 aliphatic rings. The fourth-order valence-electron chi connectivity index (χ4n) is 3.93. The Hall–Kier alpha value is -3.25. The lowest BCUT2D eigenvalue weighted by Gasteiger charge is -2.09. The van der Waals surface area contributed by atoms with Gasteiger partial charge in [0.1, 0.15) is 11.5 Å². The molecule has 0 aromatic heterocycles. The van der Waals surface area contributed by atoms with E-state index in [1.807, 2.05) is 36.4 Å². The summed E-state index contributed by atoms with van der Waals surface area (Å²) >= 11 is 0. The zero-order valence-corrected chi connectivity index (χ0v) is 20.5. The molecule has 3 aromatic rings. The number of nitriles is 1. The molecule has 0 unspecified atom stereocenters. The van der Waals surface area contributed by atoms with Crippen LogP contribution in [-0.4, -0.2) is 13.2 Å². The molecular formula is C31H37NO2. The van der Waals surface area contributed by atoms with Crippen molar-refractivity contribution >= 4 is 0 Å². The van der Waals surface area contributed by atoms with Gasteiger partial charge in [-0.3, -0.25) is 0 Å². The van der Waals surface area contributed by atoms with Crippen LogP contribution in [-0.2, 0) is 6.42 Å². The zero-order valence-electron chi connectivity index (χ0n) is 20.5. The summed E-state index contributed by atoms with van der Waals surface area (Å²) in [6.45, 7) is 3.78. The lowest BCUT2D eigenvalue weighted by molar-refractivity contribution is 0.293. The first-order valence-electron chi connectivity index (χ1n) is 12.7. The highest BCUT2D eigenvalue weighted by atomic mass is 16.5. The van der Waals surface area contributed by atoms with Crippen molar-refractivity contribution in [3.8, 4) is 28.7 Å². The van der Waals surface area contributed by atoms with Crippen LogP contribution in [0.3, 0.4) is 0 Å². The topological polar surface area (TPSA) is 42.2 Å². The Bertz CT molecular complexity index is 986. The maximum Gasteiger partial charge on any atom is 0.119 e. The summed E-state index contributed by atoms with van der Waals surface area (Å²) in [6, 6.07) is 26.6. The molecule has 3 rings (SSSR count). The van der Waals surface area contributed by atoms with Crippen LogP contribution >= 0.6 is 0 Å². The molecule has 3 heteroatoms. The van der Waals surface area contributed by atoms with Gasteiger partial charge in [0.25, 0.3) is 0 Å². The lowest BCUT2D eigenvalue weighted by Crippen LogP contribution is -1.99. The van der Waals surface area contributed by atoms with Gasteiger partial charge < -0.3 is 9.47 Å². The van der Waals surface area contributed by atoms with Crippen molar-refractivity contribution in [1.82, 2.24) is 0 Å².